The van der Waals surface area contributed by atoms with Gasteiger partial charge in [0.25, 0.3) is 0 Å². The van der Waals surface area contributed by atoms with Crippen molar-refractivity contribution in [2.45, 2.75) is 45.1 Å². The number of nitrogens with zero attached hydrogens (tertiary/aromatic N) is 1. The number of Topliss-reactive ketones (excluding diaryl/α,β-unsaturated/α-hetero) is 1. The van der Waals surface area contributed by atoms with E-state index in [-0.39, 0.29) is 5.78 Å². The number of benzene rings is 2. The van der Waals surface area contributed by atoms with E-state index in [0.717, 1.165) is 42.9 Å². The van der Waals surface area contributed by atoms with Crippen LogP contribution >= 0.6 is 0 Å². The molecule has 0 radical (unpaired) electrons. The first-order valence-electron chi connectivity index (χ1n) is 11.9. The molecule has 4 N–H and O–H groups in total. The van der Waals surface area contributed by atoms with Crippen LogP contribution in [0.2, 0.25) is 0 Å². The van der Waals surface area contributed by atoms with Gasteiger partial charge in [0.1, 0.15) is 5.75 Å². The number of rotatable bonds is 15. The Morgan fingerprint density at radius 3 is 1.84 bits per heavy atom. The zero-order chi connectivity index (χ0) is 27.8. The fourth-order valence-electron chi connectivity index (χ4n) is 3.35. The van der Waals surface area contributed by atoms with Gasteiger partial charge in [-0.2, -0.15) is 0 Å². The summed E-state index contributed by atoms with van der Waals surface area (Å²) in [5.74, 6) is -4.06. The van der Waals surface area contributed by atoms with Crippen LogP contribution in [0.3, 0.4) is 0 Å². The summed E-state index contributed by atoms with van der Waals surface area (Å²) >= 11 is 0. The molecule has 0 bridgehead atoms. The summed E-state index contributed by atoms with van der Waals surface area (Å²) in [5, 5.41) is 33.8. The highest BCUT2D eigenvalue weighted by atomic mass is 16.5. The standard InChI is InChI=1S/C21H27NO2.C6H8O7/c1-3-22(4-2)15-8-16-24-20-13-11-19(12-14-20)21(23)17-18-9-6-5-7-10-18;7-3(8)1-6(13,5(11)12)2-4(9)10/h5-7,9-14H,3-4,8,15-17H2,1-2H3;13H,1-2H2,(H,7,8)(H,9,10)(H,11,12). The molecule has 0 aliphatic carbocycles. The Balaban J connectivity index is 0.000000448. The average Bonchev–Trinajstić information content (AvgIpc) is 2.84. The molecule has 0 heterocycles. The van der Waals surface area contributed by atoms with E-state index in [2.05, 4.69) is 18.7 Å². The molecule has 0 amide bonds. The lowest BCUT2D eigenvalue weighted by Crippen LogP contribution is -2.42. The number of hydrogen-bond acceptors (Lipinski definition) is 7. The van der Waals surface area contributed by atoms with Crippen LogP contribution in [-0.4, -0.2) is 80.9 Å². The third kappa shape index (κ3) is 12.2. The van der Waals surface area contributed by atoms with Crippen LogP contribution in [0.25, 0.3) is 0 Å². The Labute approximate surface area is 216 Å². The maximum absolute atomic E-state index is 12.3. The van der Waals surface area contributed by atoms with Crippen molar-refractivity contribution in [2.24, 2.45) is 0 Å². The first kappa shape index (κ1) is 31.3. The van der Waals surface area contributed by atoms with Crippen LogP contribution in [0.1, 0.15) is 49.0 Å². The Hall–Kier alpha value is -3.76. The lowest BCUT2D eigenvalue weighted by atomic mass is 9.96. The smallest absolute Gasteiger partial charge is 0.336 e. The van der Waals surface area contributed by atoms with E-state index >= 15 is 0 Å². The molecule has 2 rings (SSSR count). The van der Waals surface area contributed by atoms with E-state index in [1.54, 1.807) is 0 Å². The molecule has 0 aliphatic heterocycles. The molecular weight excluding hydrogens is 482 g/mol. The third-order valence-electron chi connectivity index (χ3n) is 5.45. The van der Waals surface area contributed by atoms with Crippen LogP contribution in [0.4, 0.5) is 0 Å². The first-order chi connectivity index (χ1) is 17.5. The molecule has 202 valence electrons. The summed E-state index contributed by atoms with van der Waals surface area (Å²) in [7, 11) is 0. The highest BCUT2D eigenvalue weighted by molar-refractivity contribution is 5.97. The normalized spacial score (nSPS) is 10.8. The van der Waals surface area contributed by atoms with Crippen molar-refractivity contribution in [3.05, 3.63) is 65.7 Å². The Morgan fingerprint density at radius 2 is 1.38 bits per heavy atom. The molecule has 0 unspecified atom stereocenters. The van der Waals surface area contributed by atoms with Crippen molar-refractivity contribution in [3.8, 4) is 5.75 Å². The number of carbonyl (C=O) groups is 4. The van der Waals surface area contributed by atoms with Gasteiger partial charge < -0.3 is 30.1 Å². The molecule has 0 saturated heterocycles. The minimum atomic E-state index is -2.74. The van der Waals surface area contributed by atoms with E-state index < -0.39 is 36.4 Å². The first-order valence-corrected chi connectivity index (χ1v) is 11.9. The van der Waals surface area contributed by atoms with Crippen molar-refractivity contribution in [3.63, 3.8) is 0 Å². The number of ketones is 1. The molecule has 0 spiro atoms. The van der Waals surface area contributed by atoms with Crippen molar-refractivity contribution in [1.82, 2.24) is 4.90 Å². The number of hydrogen-bond donors (Lipinski definition) is 4. The second-order valence-corrected chi connectivity index (χ2v) is 8.32. The van der Waals surface area contributed by atoms with Gasteiger partial charge in [0.2, 0.25) is 0 Å². The summed E-state index contributed by atoms with van der Waals surface area (Å²) in [6.45, 7) is 8.27. The van der Waals surface area contributed by atoms with Crippen LogP contribution in [-0.2, 0) is 20.8 Å². The monoisotopic (exact) mass is 517 g/mol. The van der Waals surface area contributed by atoms with Gasteiger partial charge >= 0.3 is 17.9 Å². The molecule has 0 aromatic heterocycles. The van der Waals surface area contributed by atoms with Crippen molar-refractivity contribution in [2.75, 3.05) is 26.2 Å². The van der Waals surface area contributed by atoms with Gasteiger partial charge in [-0.05, 0) is 49.3 Å². The van der Waals surface area contributed by atoms with Crippen LogP contribution in [0.5, 0.6) is 5.75 Å². The predicted octanol–water partition coefficient (Wildman–Crippen LogP) is 2.97. The largest absolute Gasteiger partial charge is 0.494 e. The number of carboxylic acid groups (broad SMARTS) is 3. The highest BCUT2D eigenvalue weighted by Gasteiger charge is 2.40. The van der Waals surface area contributed by atoms with Gasteiger partial charge in [-0.25, -0.2) is 4.79 Å². The summed E-state index contributed by atoms with van der Waals surface area (Å²) in [5.41, 5.74) is -0.967. The topological polar surface area (TPSA) is 162 Å². The second kappa shape index (κ2) is 16.1. The Morgan fingerprint density at radius 1 is 0.838 bits per heavy atom. The molecule has 10 heteroatoms. The molecular formula is C27H35NO9. The SMILES string of the molecule is CCN(CC)CCCOc1ccc(C(=O)Cc2ccccc2)cc1.O=C(O)CC(O)(CC(=O)O)C(=O)O. The van der Waals surface area contributed by atoms with Gasteiger partial charge in [-0.15, -0.1) is 0 Å². The van der Waals surface area contributed by atoms with Gasteiger partial charge in [-0.3, -0.25) is 14.4 Å². The van der Waals surface area contributed by atoms with Crippen molar-refractivity contribution < 1.29 is 44.3 Å². The summed E-state index contributed by atoms with van der Waals surface area (Å²) in [6, 6.07) is 17.3. The zero-order valence-electron chi connectivity index (χ0n) is 21.1. The number of carbonyl (C=O) groups excluding carboxylic acids is 1. The Bertz CT molecular complexity index is 986. The maximum Gasteiger partial charge on any atom is 0.336 e. The summed E-state index contributed by atoms with van der Waals surface area (Å²) in [6.07, 6.45) is -0.843. The molecule has 2 aromatic rings. The third-order valence-corrected chi connectivity index (χ3v) is 5.45. The highest BCUT2D eigenvalue weighted by Crippen LogP contribution is 2.16. The number of aliphatic hydroxyl groups is 1. The second-order valence-electron chi connectivity index (χ2n) is 8.32. The van der Waals surface area contributed by atoms with E-state index in [0.29, 0.717) is 13.0 Å². The summed E-state index contributed by atoms with van der Waals surface area (Å²) in [4.78, 5) is 45.1. The fourth-order valence-corrected chi connectivity index (χ4v) is 3.35. The van der Waals surface area contributed by atoms with E-state index in [1.165, 1.54) is 0 Å². The zero-order valence-corrected chi connectivity index (χ0v) is 21.1. The van der Waals surface area contributed by atoms with Crippen molar-refractivity contribution >= 4 is 23.7 Å². The number of aliphatic carboxylic acids is 3. The van der Waals surface area contributed by atoms with E-state index in [9.17, 15) is 19.2 Å². The van der Waals surface area contributed by atoms with Crippen LogP contribution in [0, 0.1) is 0 Å². The number of carboxylic acids is 3. The van der Waals surface area contributed by atoms with Gasteiger partial charge in [-0.1, -0.05) is 44.2 Å². The number of ether oxygens (including phenoxy) is 1. The van der Waals surface area contributed by atoms with Crippen LogP contribution < -0.4 is 4.74 Å². The van der Waals surface area contributed by atoms with E-state index in [1.807, 2.05) is 54.6 Å². The molecule has 0 atom stereocenters. The van der Waals surface area contributed by atoms with E-state index in [4.69, 9.17) is 25.2 Å². The minimum Gasteiger partial charge on any atom is -0.494 e. The molecule has 0 saturated carbocycles. The molecule has 37 heavy (non-hydrogen) atoms. The maximum atomic E-state index is 12.3. The molecule has 2 aromatic carbocycles. The quantitative estimate of drug-likeness (QED) is 0.204. The fraction of sp³-hybridized carbons (Fsp3) is 0.407. The lowest BCUT2D eigenvalue weighted by molar-refractivity contribution is -0.170. The van der Waals surface area contributed by atoms with Gasteiger partial charge in [0.15, 0.2) is 11.4 Å². The van der Waals surface area contributed by atoms with Gasteiger partial charge in [0, 0.05) is 18.5 Å². The Kier molecular flexibility index (Phi) is 13.6. The lowest BCUT2D eigenvalue weighted by Gasteiger charge is -2.18. The van der Waals surface area contributed by atoms with Crippen molar-refractivity contribution in [1.29, 1.82) is 0 Å². The van der Waals surface area contributed by atoms with Gasteiger partial charge in [0.05, 0.1) is 19.4 Å². The predicted molar refractivity (Wildman–Crippen MR) is 136 cm³/mol. The van der Waals surface area contributed by atoms with Crippen LogP contribution in [0.15, 0.2) is 54.6 Å². The average molecular weight is 518 g/mol. The molecule has 0 fully saturated rings. The molecule has 10 nitrogen and oxygen atoms in total. The minimum absolute atomic E-state index is 0.134. The molecule has 0 aliphatic rings. The summed E-state index contributed by atoms with van der Waals surface area (Å²) < 4.78 is 5.76.